The molecule has 6 fully saturated rings. The number of carbonyl (C=O) groups is 2. The Morgan fingerprint density at radius 2 is 0.868 bits per heavy atom. The summed E-state index contributed by atoms with van der Waals surface area (Å²) < 4.78 is 43.0. The lowest BCUT2D eigenvalue weighted by Crippen LogP contribution is -2.51. The largest absolute Gasteiger partial charge is 0.450 e. The fourth-order valence-corrected chi connectivity index (χ4v) is 20.8. The summed E-state index contributed by atoms with van der Waals surface area (Å²) in [5.41, 5.74) is 19.9. The van der Waals surface area contributed by atoms with Gasteiger partial charge in [-0.05, 0) is 207 Å². The molecule has 0 radical (unpaired) electrons. The standard InChI is InChI=1S/C38H68N2O5.C30H49ClO2.C8H20N2O3/c1-7-29(27(2)3)9-8-28(4)33-12-13-34-32-11-10-30-26-31(14-16-37(30,5)35(32)15-17-38(33,34)6)45-36(41)40-19-21-43-23-25-44-24-22-42-20-18-39;1-7-21(19(2)3)9-8-20(4)25-12-13-26-24-11-10-22-18-23(33-28(31)32)14-16-29(22,5)27(24)15-17-30(25,26)6;9-1-3-11-5-7-13-8-6-12-4-2-10/h10,27-29,31-35H,7-9,11-26,39H2,1-6H3,(H,40,41);10,19-21,23-27H,7-9,11-18H2,1-6H3;1-10H2/t28-,29-,31+,32+,33-,34+,35+,37+,38-;20-,21-,23+,24+,25-,26+,27+,29+,30-;/m11./s1. The zero-order chi connectivity index (χ0) is 66.2. The molecule has 0 heterocycles. The van der Waals surface area contributed by atoms with Gasteiger partial charge in [0.05, 0.1) is 79.3 Å². The minimum absolute atomic E-state index is 0.0192. The quantitative estimate of drug-likeness (QED) is 0.0266. The van der Waals surface area contributed by atoms with Crippen molar-refractivity contribution < 1.29 is 47.5 Å². The Labute approximate surface area is 560 Å². The molecule has 1 amide bonds. The van der Waals surface area contributed by atoms with Crippen molar-refractivity contribution >= 4 is 23.1 Å². The predicted molar refractivity (Wildman–Crippen MR) is 371 cm³/mol. The van der Waals surface area contributed by atoms with E-state index in [9.17, 15) is 9.59 Å². The zero-order valence-corrected chi connectivity index (χ0v) is 60.7. The summed E-state index contributed by atoms with van der Waals surface area (Å²) in [6, 6.07) is 0. The summed E-state index contributed by atoms with van der Waals surface area (Å²) in [6.45, 7) is 38.7. The minimum atomic E-state index is -0.643. The SMILES string of the molecule is CC[C@H](CC[C@@H](C)[C@H]1CC[C@H]2[C@@H]3CC=C4C[C@@H](OC(=O)Cl)CC[C@]4(C)[C@H]3CC[C@]12C)C(C)C.CC[C@H](CC[C@@H](C)[C@H]1CC[C@H]2[C@@H]3CC=C4C[C@@H](OC(=O)NCCOCCOCCOCCN)CC[C@]4(C)[C@H]3CC[C@]12C)C(C)C.NCCOCCOCCOCCN. The highest BCUT2D eigenvalue weighted by atomic mass is 35.5. The van der Waals surface area contributed by atoms with Crippen molar-refractivity contribution in [1.82, 2.24) is 5.32 Å². The van der Waals surface area contributed by atoms with E-state index >= 15 is 0 Å². The van der Waals surface area contributed by atoms with Gasteiger partial charge >= 0.3 is 11.5 Å². The van der Waals surface area contributed by atoms with E-state index in [0.29, 0.717) is 122 Å². The molecule has 0 unspecified atom stereocenters. The number of hydrogen-bond acceptors (Lipinski definition) is 13. The van der Waals surface area contributed by atoms with Crippen LogP contribution in [0.2, 0.25) is 0 Å². The van der Waals surface area contributed by atoms with Gasteiger partial charge in [0.2, 0.25) is 0 Å². The molecule has 18 atom stereocenters. The molecular formula is C76H137ClN4O10. The van der Waals surface area contributed by atoms with Crippen molar-refractivity contribution in [3.63, 3.8) is 0 Å². The van der Waals surface area contributed by atoms with E-state index in [2.05, 4.69) is 101 Å². The first-order valence-electron chi connectivity index (χ1n) is 37.4. The van der Waals surface area contributed by atoms with Crippen LogP contribution < -0.4 is 22.5 Å². The lowest BCUT2D eigenvalue weighted by atomic mass is 9.47. The molecule has 0 bridgehead atoms. The molecule has 0 aromatic rings. The second-order valence-corrected chi connectivity index (χ2v) is 31.7. The summed E-state index contributed by atoms with van der Waals surface area (Å²) in [4.78, 5) is 23.8. The third-order valence-corrected chi connectivity index (χ3v) is 26.0. The van der Waals surface area contributed by atoms with Gasteiger partial charge < -0.3 is 60.4 Å². The van der Waals surface area contributed by atoms with Crippen LogP contribution in [0.4, 0.5) is 9.59 Å². The van der Waals surface area contributed by atoms with Gasteiger partial charge in [0, 0.05) is 50.6 Å². The maximum absolute atomic E-state index is 12.6. The number of fused-ring (bicyclic) bond motifs is 10. The third-order valence-electron chi connectivity index (χ3n) is 25.9. The first-order valence-corrected chi connectivity index (χ1v) is 37.8. The Morgan fingerprint density at radius 3 is 1.23 bits per heavy atom. The smallest absolute Gasteiger partial charge is 0.407 e. The van der Waals surface area contributed by atoms with Crippen LogP contribution in [0, 0.1) is 105 Å². The molecule has 0 saturated heterocycles. The average Bonchev–Trinajstić information content (AvgIpc) is 1.71. The number of ether oxygens (including phenoxy) is 8. The zero-order valence-electron chi connectivity index (χ0n) is 60.0. The van der Waals surface area contributed by atoms with E-state index in [1.807, 2.05) is 0 Å². The van der Waals surface area contributed by atoms with Gasteiger partial charge in [-0.1, -0.05) is 132 Å². The number of nitrogens with one attached hydrogen (secondary N) is 1. The minimum Gasteiger partial charge on any atom is -0.450 e. The molecule has 0 spiro atoms. The maximum atomic E-state index is 12.6. The lowest BCUT2D eigenvalue weighted by Gasteiger charge is -2.58. The van der Waals surface area contributed by atoms with Crippen molar-refractivity contribution in [2.45, 2.75) is 237 Å². The number of allylic oxidation sites excluding steroid dienone is 2. The lowest BCUT2D eigenvalue weighted by molar-refractivity contribution is -0.0584. The Hall–Kier alpha value is -1.85. The summed E-state index contributed by atoms with van der Waals surface area (Å²) in [6.07, 6.45) is 32.9. The average molecular weight is 1300 g/mol. The highest BCUT2D eigenvalue weighted by Gasteiger charge is 2.61. The third kappa shape index (κ3) is 21.3. The number of carbonyl (C=O) groups excluding carboxylic acids is 2. The van der Waals surface area contributed by atoms with Gasteiger partial charge in [0.25, 0.3) is 0 Å². The number of halogens is 1. The molecule has 8 aliphatic carbocycles. The molecule has 0 aromatic carbocycles. The van der Waals surface area contributed by atoms with Crippen molar-refractivity contribution in [2.75, 3.05) is 105 Å². The molecule has 15 heteroatoms. The van der Waals surface area contributed by atoms with Crippen LogP contribution in [0.3, 0.4) is 0 Å². The summed E-state index contributed by atoms with van der Waals surface area (Å²) in [5, 5.41) is 2.87. The van der Waals surface area contributed by atoms with Gasteiger partial charge in [-0.15, -0.1) is 0 Å². The van der Waals surface area contributed by atoms with Gasteiger partial charge in [-0.2, -0.15) is 0 Å². The predicted octanol–water partition coefficient (Wildman–Crippen LogP) is 16.1. The monoisotopic (exact) mass is 1300 g/mol. The fraction of sp³-hybridized carbons (Fsp3) is 0.921. The summed E-state index contributed by atoms with van der Waals surface area (Å²) in [7, 11) is 0. The van der Waals surface area contributed by atoms with E-state index in [4.69, 9.17) is 66.7 Å². The van der Waals surface area contributed by atoms with E-state index in [1.165, 1.54) is 103 Å². The van der Waals surface area contributed by atoms with Crippen LogP contribution in [-0.2, 0) is 37.9 Å². The number of alkyl carbamates (subject to hydrolysis) is 1. The van der Waals surface area contributed by atoms with Gasteiger partial charge in [0.15, 0.2) is 0 Å². The van der Waals surface area contributed by atoms with E-state index in [-0.39, 0.29) is 23.7 Å². The fourth-order valence-electron chi connectivity index (χ4n) is 20.7. The first kappa shape index (κ1) is 78.1. The number of amides is 1. The van der Waals surface area contributed by atoms with Gasteiger partial charge in [-0.3, -0.25) is 0 Å². The molecule has 8 rings (SSSR count). The van der Waals surface area contributed by atoms with E-state index in [1.54, 1.807) is 11.1 Å². The molecule has 14 nitrogen and oxygen atoms in total. The van der Waals surface area contributed by atoms with Crippen LogP contribution in [0.15, 0.2) is 23.3 Å². The van der Waals surface area contributed by atoms with Crippen molar-refractivity contribution in [2.24, 2.45) is 122 Å². The highest BCUT2D eigenvalue weighted by molar-refractivity contribution is 6.61. The van der Waals surface area contributed by atoms with Gasteiger partial charge in [0.1, 0.15) is 12.2 Å². The van der Waals surface area contributed by atoms with Crippen molar-refractivity contribution in [3.8, 4) is 0 Å². The number of hydrogen-bond donors (Lipinski definition) is 4. The Bertz CT molecular complexity index is 2160. The summed E-state index contributed by atoms with van der Waals surface area (Å²) in [5.74, 6) is 11.9. The Balaban J connectivity index is 0.000000249. The number of rotatable bonds is 35. The molecule has 0 aliphatic heterocycles. The molecule has 6 saturated carbocycles. The molecule has 8 aliphatic rings. The molecule has 528 valence electrons. The Morgan fingerprint density at radius 1 is 0.495 bits per heavy atom. The maximum Gasteiger partial charge on any atom is 0.407 e. The van der Waals surface area contributed by atoms with Crippen LogP contribution in [0.5, 0.6) is 0 Å². The van der Waals surface area contributed by atoms with E-state index in [0.717, 1.165) is 121 Å². The van der Waals surface area contributed by atoms with Crippen LogP contribution in [0.1, 0.15) is 224 Å². The second kappa shape index (κ2) is 38.9. The topological polar surface area (TPSA) is 198 Å². The van der Waals surface area contributed by atoms with Crippen LogP contribution in [0.25, 0.3) is 0 Å². The highest BCUT2D eigenvalue weighted by Crippen LogP contribution is 2.69. The normalized spacial score (nSPS) is 33.6. The van der Waals surface area contributed by atoms with Crippen LogP contribution >= 0.6 is 11.6 Å². The summed E-state index contributed by atoms with van der Waals surface area (Å²) >= 11 is 5.53. The van der Waals surface area contributed by atoms with Gasteiger partial charge in [-0.25, -0.2) is 9.59 Å². The van der Waals surface area contributed by atoms with E-state index < -0.39 is 5.43 Å². The molecule has 0 aromatic heterocycles. The molecule has 7 N–H and O–H groups in total. The van der Waals surface area contributed by atoms with Crippen LogP contribution in [-0.4, -0.2) is 129 Å². The second-order valence-electron chi connectivity index (χ2n) is 31.4. The number of nitrogens with two attached hydrogens (primary N) is 3. The van der Waals surface area contributed by atoms with Crippen molar-refractivity contribution in [3.05, 3.63) is 23.3 Å². The first-order chi connectivity index (χ1) is 43.6. The Kier molecular flexibility index (Phi) is 33.4. The molecule has 91 heavy (non-hydrogen) atoms. The van der Waals surface area contributed by atoms with Crippen molar-refractivity contribution in [1.29, 1.82) is 0 Å². The molecular weight excluding hydrogens is 1160 g/mol.